The van der Waals surface area contributed by atoms with Crippen LogP contribution in [0.3, 0.4) is 0 Å². The molecule has 0 saturated heterocycles. The maximum atomic E-state index is 13.5. The van der Waals surface area contributed by atoms with Crippen LogP contribution in [0.5, 0.6) is 0 Å². The minimum Gasteiger partial charge on any atom is -0.481 e. The number of carbonyl (C=O) groups is 2. The highest BCUT2D eigenvalue weighted by Gasteiger charge is 2.42. The third-order valence-corrected chi connectivity index (χ3v) is 4.37. The summed E-state index contributed by atoms with van der Waals surface area (Å²) in [4.78, 5) is 27.7. The Morgan fingerprint density at radius 3 is 2.33 bits per heavy atom. The summed E-state index contributed by atoms with van der Waals surface area (Å²) in [5.74, 6) is -4.30. The predicted molar refractivity (Wildman–Crippen MR) is 101 cm³/mol. The lowest BCUT2D eigenvalue weighted by Gasteiger charge is -2.19. The lowest BCUT2D eigenvalue weighted by Crippen LogP contribution is -2.32. The first-order chi connectivity index (χ1) is 14.2. The van der Waals surface area contributed by atoms with Gasteiger partial charge in [0.05, 0.1) is 12.5 Å². The lowest BCUT2D eigenvalue weighted by atomic mass is 9.98. The summed E-state index contributed by atoms with van der Waals surface area (Å²) in [7, 11) is 0. The van der Waals surface area contributed by atoms with E-state index in [9.17, 15) is 27.9 Å². The highest BCUT2D eigenvalue weighted by Crippen LogP contribution is 2.35. The van der Waals surface area contributed by atoms with E-state index < -0.39 is 42.0 Å². The number of amides is 1. The van der Waals surface area contributed by atoms with Gasteiger partial charge in [-0.05, 0) is 30.2 Å². The molecule has 0 aliphatic rings. The van der Waals surface area contributed by atoms with Gasteiger partial charge >= 0.3 is 12.1 Å². The largest absolute Gasteiger partial charge is 0.481 e. The highest BCUT2D eigenvalue weighted by atomic mass is 19.4. The Kier molecular flexibility index (Phi) is 5.91. The highest BCUT2D eigenvalue weighted by molar-refractivity contribution is 5.94. The average Bonchev–Trinajstić information content (AvgIpc) is 3.14. The molecule has 30 heavy (non-hydrogen) atoms. The third-order valence-electron chi connectivity index (χ3n) is 4.37. The number of nitrogens with zero attached hydrogens (tertiary/aromatic N) is 1. The van der Waals surface area contributed by atoms with E-state index in [1.54, 1.807) is 49.4 Å². The fourth-order valence-corrected chi connectivity index (χ4v) is 2.99. The molecule has 6 nitrogen and oxygen atoms in total. The van der Waals surface area contributed by atoms with E-state index in [2.05, 4.69) is 10.3 Å². The number of aryl methyl sites for hydroxylation is 1. The zero-order valence-electron chi connectivity index (χ0n) is 15.7. The van der Waals surface area contributed by atoms with Crippen LogP contribution in [0.15, 0.2) is 59.0 Å². The van der Waals surface area contributed by atoms with Crippen LogP contribution in [0.4, 0.5) is 13.2 Å². The molecule has 0 aliphatic carbocycles. The van der Waals surface area contributed by atoms with E-state index in [1.165, 1.54) is 12.1 Å². The lowest BCUT2D eigenvalue weighted by molar-refractivity contribution is -0.153. The average molecular weight is 418 g/mol. The van der Waals surface area contributed by atoms with Crippen LogP contribution < -0.4 is 5.32 Å². The molecule has 0 spiro atoms. The number of rotatable bonds is 6. The van der Waals surface area contributed by atoms with Gasteiger partial charge in [-0.1, -0.05) is 42.5 Å². The number of carbonyl (C=O) groups excluding carboxylic acids is 1. The molecular weight excluding hydrogens is 401 g/mol. The second kappa shape index (κ2) is 8.40. The number of alkyl halides is 3. The van der Waals surface area contributed by atoms with Crippen molar-refractivity contribution in [3.05, 3.63) is 77.2 Å². The first kappa shape index (κ1) is 21.1. The summed E-state index contributed by atoms with van der Waals surface area (Å²) in [5, 5.41) is 11.5. The van der Waals surface area contributed by atoms with Crippen molar-refractivity contribution in [3.63, 3.8) is 0 Å². The molecule has 1 heterocycles. The van der Waals surface area contributed by atoms with E-state index in [0.717, 1.165) is 0 Å². The van der Waals surface area contributed by atoms with Gasteiger partial charge < -0.3 is 14.8 Å². The summed E-state index contributed by atoms with van der Waals surface area (Å²) in [6.07, 6.45) is -5.47. The van der Waals surface area contributed by atoms with Crippen LogP contribution in [0.2, 0.25) is 0 Å². The molecule has 1 unspecified atom stereocenters. The van der Waals surface area contributed by atoms with E-state index in [4.69, 9.17) is 4.42 Å². The molecule has 0 fully saturated rings. The van der Waals surface area contributed by atoms with Crippen molar-refractivity contribution >= 4 is 11.9 Å². The topological polar surface area (TPSA) is 92.4 Å². The first-order valence-electron chi connectivity index (χ1n) is 8.88. The Hall–Kier alpha value is -3.62. The predicted octanol–water partition coefficient (Wildman–Crippen LogP) is 4.61. The molecule has 156 valence electrons. The molecule has 1 aromatic heterocycles. The van der Waals surface area contributed by atoms with Crippen LogP contribution >= 0.6 is 0 Å². The van der Waals surface area contributed by atoms with Gasteiger partial charge in [0.1, 0.15) is 0 Å². The number of carboxylic acid groups (broad SMARTS) is 1. The van der Waals surface area contributed by atoms with E-state index in [-0.39, 0.29) is 11.5 Å². The standard InChI is InChI=1S/C21H17F3N2O4/c1-12-7-5-6-10-14(12)15(11-16(27)28)25-19(29)17-18(21(22,23)24)30-20(26-17)13-8-3-2-4-9-13/h2-10,15H,11H2,1H3,(H,25,29)(H,27,28). The van der Waals surface area contributed by atoms with Crippen LogP contribution in [-0.2, 0) is 11.0 Å². The maximum absolute atomic E-state index is 13.5. The molecule has 3 rings (SSSR count). The minimum absolute atomic E-state index is 0.267. The van der Waals surface area contributed by atoms with Crippen molar-refractivity contribution in [1.29, 1.82) is 0 Å². The molecule has 0 bridgehead atoms. The number of halogens is 3. The molecular formula is C21H17F3N2O4. The Morgan fingerprint density at radius 2 is 1.73 bits per heavy atom. The molecule has 1 atom stereocenters. The van der Waals surface area contributed by atoms with Gasteiger partial charge in [-0.15, -0.1) is 0 Å². The molecule has 0 aliphatic heterocycles. The quantitative estimate of drug-likeness (QED) is 0.610. The van der Waals surface area contributed by atoms with Gasteiger partial charge in [-0.2, -0.15) is 13.2 Å². The Balaban J connectivity index is 1.99. The fourth-order valence-electron chi connectivity index (χ4n) is 2.99. The zero-order valence-corrected chi connectivity index (χ0v) is 15.7. The van der Waals surface area contributed by atoms with Crippen molar-refractivity contribution in [2.75, 3.05) is 0 Å². The number of hydrogen-bond donors (Lipinski definition) is 2. The smallest absolute Gasteiger partial charge is 0.452 e. The number of hydrogen-bond acceptors (Lipinski definition) is 4. The fraction of sp³-hybridized carbons (Fsp3) is 0.190. The number of aliphatic carboxylic acids is 1. The molecule has 2 aromatic carbocycles. The summed E-state index contributed by atoms with van der Waals surface area (Å²) in [5.41, 5.74) is 0.479. The van der Waals surface area contributed by atoms with Crippen molar-refractivity contribution in [2.45, 2.75) is 25.6 Å². The number of carboxylic acids is 1. The number of benzene rings is 2. The molecule has 9 heteroatoms. The number of aromatic nitrogens is 1. The molecule has 0 saturated carbocycles. The first-order valence-corrected chi connectivity index (χ1v) is 8.88. The minimum atomic E-state index is -4.96. The zero-order chi connectivity index (χ0) is 21.9. The molecule has 1 amide bonds. The Labute approximate surface area is 169 Å². The molecule has 0 radical (unpaired) electrons. The van der Waals surface area contributed by atoms with Crippen LogP contribution in [0.1, 0.15) is 39.8 Å². The Bertz CT molecular complexity index is 1060. The van der Waals surface area contributed by atoms with Gasteiger partial charge in [0, 0.05) is 5.56 Å². The van der Waals surface area contributed by atoms with Crippen LogP contribution in [0, 0.1) is 6.92 Å². The number of oxazole rings is 1. The summed E-state index contributed by atoms with van der Waals surface area (Å²) >= 11 is 0. The van der Waals surface area contributed by atoms with Gasteiger partial charge in [0.2, 0.25) is 11.7 Å². The van der Waals surface area contributed by atoms with Crippen LogP contribution in [0.25, 0.3) is 11.5 Å². The Morgan fingerprint density at radius 1 is 1.10 bits per heavy atom. The van der Waals surface area contributed by atoms with E-state index >= 15 is 0 Å². The van der Waals surface area contributed by atoms with Crippen molar-refractivity contribution in [1.82, 2.24) is 10.3 Å². The van der Waals surface area contributed by atoms with Crippen molar-refractivity contribution in [2.24, 2.45) is 0 Å². The van der Waals surface area contributed by atoms with Gasteiger partial charge in [-0.25, -0.2) is 4.98 Å². The second-order valence-electron chi connectivity index (χ2n) is 6.54. The normalized spacial score (nSPS) is 12.4. The van der Waals surface area contributed by atoms with Gasteiger partial charge in [-0.3, -0.25) is 9.59 Å². The van der Waals surface area contributed by atoms with E-state index in [0.29, 0.717) is 11.1 Å². The van der Waals surface area contributed by atoms with Crippen LogP contribution in [-0.4, -0.2) is 22.0 Å². The third kappa shape index (κ3) is 4.68. The van der Waals surface area contributed by atoms with E-state index in [1.807, 2.05) is 0 Å². The summed E-state index contributed by atoms with van der Waals surface area (Å²) in [6.45, 7) is 1.71. The summed E-state index contributed by atoms with van der Waals surface area (Å²) in [6, 6.07) is 13.5. The van der Waals surface area contributed by atoms with Gasteiger partial charge in [0.15, 0.2) is 5.69 Å². The van der Waals surface area contributed by atoms with Crippen molar-refractivity contribution < 1.29 is 32.3 Å². The maximum Gasteiger partial charge on any atom is 0.452 e. The monoisotopic (exact) mass is 418 g/mol. The number of nitrogens with one attached hydrogen (secondary N) is 1. The molecule has 2 N–H and O–H groups in total. The summed E-state index contributed by atoms with van der Waals surface area (Å²) < 4.78 is 45.3. The molecule has 3 aromatic rings. The second-order valence-corrected chi connectivity index (χ2v) is 6.54. The SMILES string of the molecule is Cc1ccccc1C(CC(=O)O)NC(=O)c1nc(-c2ccccc2)oc1C(F)(F)F. The van der Waals surface area contributed by atoms with Crippen molar-refractivity contribution in [3.8, 4) is 11.5 Å². The van der Waals surface area contributed by atoms with Gasteiger partial charge in [0.25, 0.3) is 5.91 Å².